The van der Waals surface area contributed by atoms with Gasteiger partial charge in [-0.05, 0) is 46.3 Å². The molecule has 17 heavy (non-hydrogen) atoms. The van der Waals surface area contributed by atoms with Crippen LogP contribution in [0.4, 0.5) is 10.1 Å². The first-order valence-corrected chi connectivity index (χ1v) is 5.78. The van der Waals surface area contributed by atoms with Crippen molar-refractivity contribution < 1.29 is 9.13 Å². The standard InChI is InChI=1S/C11H7BrClFN2O/c12-7-5-6(14)1-3-9(7)17-11-8(15)2-4-10(13)16-11/h1-5H,15H2. The third kappa shape index (κ3) is 2.87. The molecule has 2 N–H and O–H groups in total. The maximum absolute atomic E-state index is 12.9. The fourth-order valence-electron chi connectivity index (χ4n) is 1.17. The fraction of sp³-hybridized carbons (Fsp3) is 0. The van der Waals surface area contributed by atoms with Gasteiger partial charge in [0.2, 0.25) is 5.88 Å². The highest BCUT2D eigenvalue weighted by Crippen LogP contribution is 2.32. The van der Waals surface area contributed by atoms with Gasteiger partial charge in [0.1, 0.15) is 16.7 Å². The number of rotatable bonds is 2. The molecule has 88 valence electrons. The summed E-state index contributed by atoms with van der Waals surface area (Å²) in [6.45, 7) is 0. The lowest BCUT2D eigenvalue weighted by Gasteiger charge is -2.08. The molecule has 2 aromatic rings. The van der Waals surface area contributed by atoms with Crippen molar-refractivity contribution in [1.29, 1.82) is 0 Å². The van der Waals surface area contributed by atoms with Crippen molar-refractivity contribution in [2.24, 2.45) is 0 Å². The molecular weight excluding hydrogens is 310 g/mol. The van der Waals surface area contributed by atoms with E-state index in [0.717, 1.165) is 0 Å². The lowest BCUT2D eigenvalue weighted by atomic mass is 10.3. The summed E-state index contributed by atoms with van der Waals surface area (Å²) in [6.07, 6.45) is 0. The van der Waals surface area contributed by atoms with Gasteiger partial charge in [0.15, 0.2) is 0 Å². The minimum Gasteiger partial charge on any atom is -0.436 e. The van der Waals surface area contributed by atoms with E-state index in [1.165, 1.54) is 18.2 Å². The van der Waals surface area contributed by atoms with Crippen molar-refractivity contribution >= 4 is 33.2 Å². The summed E-state index contributed by atoms with van der Waals surface area (Å²) in [5.41, 5.74) is 6.03. The molecule has 0 spiro atoms. The second-order valence-corrected chi connectivity index (χ2v) is 4.45. The fourth-order valence-corrected chi connectivity index (χ4v) is 1.74. The zero-order chi connectivity index (χ0) is 12.4. The van der Waals surface area contributed by atoms with E-state index in [-0.39, 0.29) is 16.9 Å². The Morgan fingerprint density at radius 3 is 2.76 bits per heavy atom. The Kier molecular flexibility index (Phi) is 3.49. The predicted molar refractivity (Wildman–Crippen MR) is 67.8 cm³/mol. The third-order valence-electron chi connectivity index (χ3n) is 1.96. The van der Waals surface area contributed by atoms with Crippen LogP contribution in [0, 0.1) is 5.82 Å². The molecule has 0 saturated carbocycles. The van der Waals surface area contributed by atoms with Gasteiger partial charge in [0.05, 0.1) is 10.2 Å². The van der Waals surface area contributed by atoms with Gasteiger partial charge in [-0.15, -0.1) is 0 Å². The molecule has 2 rings (SSSR count). The smallest absolute Gasteiger partial charge is 0.244 e. The van der Waals surface area contributed by atoms with Crippen LogP contribution in [0.15, 0.2) is 34.8 Å². The van der Waals surface area contributed by atoms with Gasteiger partial charge in [-0.1, -0.05) is 11.6 Å². The molecule has 0 bridgehead atoms. The van der Waals surface area contributed by atoms with Crippen LogP contribution in [0.25, 0.3) is 0 Å². The number of hydrogen-bond donors (Lipinski definition) is 1. The van der Waals surface area contributed by atoms with Gasteiger partial charge in [0, 0.05) is 0 Å². The van der Waals surface area contributed by atoms with Crippen molar-refractivity contribution in [2.45, 2.75) is 0 Å². The Morgan fingerprint density at radius 2 is 2.06 bits per heavy atom. The average Bonchev–Trinajstić information content (AvgIpc) is 2.27. The van der Waals surface area contributed by atoms with Crippen molar-refractivity contribution in [3.8, 4) is 11.6 Å². The molecule has 1 aromatic carbocycles. The second-order valence-electron chi connectivity index (χ2n) is 3.21. The Bertz CT molecular complexity index is 565. The number of ether oxygens (including phenoxy) is 1. The van der Waals surface area contributed by atoms with Gasteiger partial charge in [-0.3, -0.25) is 0 Å². The van der Waals surface area contributed by atoms with Crippen LogP contribution in [0.3, 0.4) is 0 Å². The number of halogens is 3. The van der Waals surface area contributed by atoms with Crippen molar-refractivity contribution in [3.63, 3.8) is 0 Å². The van der Waals surface area contributed by atoms with Gasteiger partial charge in [-0.25, -0.2) is 4.39 Å². The molecule has 0 aliphatic rings. The molecule has 0 atom stereocenters. The first kappa shape index (κ1) is 12.1. The van der Waals surface area contributed by atoms with Crippen LogP contribution in [-0.4, -0.2) is 4.98 Å². The molecule has 0 aliphatic heterocycles. The van der Waals surface area contributed by atoms with Crippen LogP contribution < -0.4 is 10.5 Å². The maximum atomic E-state index is 12.9. The number of pyridine rings is 1. The van der Waals surface area contributed by atoms with E-state index in [4.69, 9.17) is 22.1 Å². The van der Waals surface area contributed by atoms with Crippen molar-refractivity contribution in [3.05, 3.63) is 45.8 Å². The third-order valence-corrected chi connectivity index (χ3v) is 2.79. The molecule has 0 saturated heterocycles. The normalized spacial score (nSPS) is 10.3. The number of anilines is 1. The Balaban J connectivity index is 2.34. The van der Waals surface area contributed by atoms with E-state index < -0.39 is 0 Å². The zero-order valence-corrected chi connectivity index (χ0v) is 10.8. The maximum Gasteiger partial charge on any atom is 0.244 e. The molecule has 0 fully saturated rings. The molecule has 0 aliphatic carbocycles. The highest BCUT2D eigenvalue weighted by Gasteiger charge is 2.08. The molecule has 0 amide bonds. The Hall–Kier alpha value is -1.33. The van der Waals surface area contributed by atoms with E-state index in [1.54, 1.807) is 12.1 Å². The number of nitrogens with zero attached hydrogens (tertiary/aromatic N) is 1. The number of nitrogen functional groups attached to an aromatic ring is 1. The summed E-state index contributed by atoms with van der Waals surface area (Å²) in [5.74, 6) is 0.230. The average molecular weight is 318 g/mol. The largest absolute Gasteiger partial charge is 0.436 e. The molecule has 0 radical (unpaired) electrons. The van der Waals surface area contributed by atoms with E-state index in [0.29, 0.717) is 15.9 Å². The highest BCUT2D eigenvalue weighted by molar-refractivity contribution is 9.10. The first-order valence-electron chi connectivity index (χ1n) is 4.61. The van der Waals surface area contributed by atoms with Crippen LogP contribution in [0.2, 0.25) is 5.15 Å². The highest BCUT2D eigenvalue weighted by atomic mass is 79.9. The van der Waals surface area contributed by atoms with Crippen LogP contribution >= 0.6 is 27.5 Å². The van der Waals surface area contributed by atoms with Gasteiger partial charge in [-0.2, -0.15) is 4.98 Å². The number of benzene rings is 1. The van der Waals surface area contributed by atoms with E-state index in [9.17, 15) is 4.39 Å². The lowest BCUT2D eigenvalue weighted by Crippen LogP contribution is -1.95. The van der Waals surface area contributed by atoms with Gasteiger partial charge < -0.3 is 10.5 Å². The predicted octanol–water partition coefficient (Wildman–Crippen LogP) is 4.01. The summed E-state index contributed by atoms with van der Waals surface area (Å²) in [7, 11) is 0. The van der Waals surface area contributed by atoms with Crippen molar-refractivity contribution in [2.75, 3.05) is 5.73 Å². The molecule has 6 heteroatoms. The van der Waals surface area contributed by atoms with Crippen molar-refractivity contribution in [1.82, 2.24) is 4.98 Å². The van der Waals surface area contributed by atoms with E-state index in [1.807, 2.05) is 0 Å². The molecule has 3 nitrogen and oxygen atoms in total. The number of aromatic nitrogens is 1. The minimum atomic E-state index is -0.365. The lowest BCUT2D eigenvalue weighted by molar-refractivity contribution is 0.461. The summed E-state index contributed by atoms with van der Waals surface area (Å²) in [4.78, 5) is 3.94. The summed E-state index contributed by atoms with van der Waals surface area (Å²) in [5, 5.41) is 0.271. The molecular formula is C11H7BrClFN2O. The second kappa shape index (κ2) is 4.89. The quantitative estimate of drug-likeness (QED) is 0.851. The summed E-state index contributed by atoms with van der Waals surface area (Å²) >= 11 is 8.91. The summed E-state index contributed by atoms with van der Waals surface area (Å²) in [6, 6.07) is 7.18. The van der Waals surface area contributed by atoms with Gasteiger partial charge in [0.25, 0.3) is 0 Å². The van der Waals surface area contributed by atoms with E-state index >= 15 is 0 Å². The summed E-state index contributed by atoms with van der Waals surface area (Å²) < 4.78 is 18.8. The van der Waals surface area contributed by atoms with Gasteiger partial charge >= 0.3 is 0 Å². The SMILES string of the molecule is Nc1ccc(Cl)nc1Oc1ccc(F)cc1Br. The van der Waals surface area contributed by atoms with Crippen LogP contribution in [0.1, 0.15) is 0 Å². The number of hydrogen-bond acceptors (Lipinski definition) is 3. The zero-order valence-electron chi connectivity index (χ0n) is 8.45. The monoisotopic (exact) mass is 316 g/mol. The minimum absolute atomic E-state index is 0.185. The number of nitrogens with two attached hydrogens (primary N) is 1. The Morgan fingerprint density at radius 1 is 1.29 bits per heavy atom. The molecule has 1 heterocycles. The van der Waals surface area contributed by atoms with Crippen LogP contribution in [-0.2, 0) is 0 Å². The topological polar surface area (TPSA) is 48.1 Å². The van der Waals surface area contributed by atoms with Crippen LogP contribution in [0.5, 0.6) is 11.6 Å². The first-order chi connectivity index (χ1) is 8.06. The Labute approximate surface area is 110 Å². The van der Waals surface area contributed by atoms with E-state index in [2.05, 4.69) is 20.9 Å². The molecule has 1 aromatic heterocycles. The molecule has 0 unspecified atom stereocenters.